The lowest BCUT2D eigenvalue weighted by atomic mass is 10.3. The quantitative estimate of drug-likeness (QED) is 0.712. The Morgan fingerprint density at radius 3 is 2.60 bits per heavy atom. The molecule has 1 rings (SSSR count). The number of nitrogens with zero attached hydrogens (tertiary/aromatic N) is 1. The van der Waals surface area contributed by atoms with E-state index in [2.05, 4.69) is 12.2 Å². The van der Waals surface area contributed by atoms with Crippen LogP contribution in [-0.4, -0.2) is 38.9 Å². The van der Waals surface area contributed by atoms with Gasteiger partial charge in [0.05, 0.1) is 0 Å². The van der Waals surface area contributed by atoms with E-state index in [0.29, 0.717) is 4.21 Å². The van der Waals surface area contributed by atoms with Crippen molar-refractivity contribution < 1.29 is 8.42 Å². The van der Waals surface area contributed by atoms with Crippen LogP contribution in [0.4, 0.5) is 0 Å². The standard InChI is InChI=1S/C14H26N2O2S2/c1-5-10-15-11-9-13-7-8-14(19-13)20(17,18)16(4)12(3)6-2/h7-8,12,15H,5-6,9-11H2,1-4H3. The van der Waals surface area contributed by atoms with Crippen LogP contribution >= 0.6 is 11.3 Å². The van der Waals surface area contributed by atoms with Crippen LogP contribution in [0, 0.1) is 0 Å². The zero-order valence-corrected chi connectivity index (χ0v) is 14.5. The van der Waals surface area contributed by atoms with Crippen molar-refractivity contribution in [2.24, 2.45) is 0 Å². The van der Waals surface area contributed by atoms with E-state index in [1.54, 1.807) is 13.1 Å². The fraction of sp³-hybridized carbons (Fsp3) is 0.714. The molecule has 1 heterocycles. The minimum absolute atomic E-state index is 0.0248. The normalized spacial score (nSPS) is 13.8. The van der Waals surface area contributed by atoms with Gasteiger partial charge in [-0.15, -0.1) is 11.3 Å². The molecule has 0 radical (unpaired) electrons. The largest absolute Gasteiger partial charge is 0.316 e. The lowest BCUT2D eigenvalue weighted by Crippen LogP contribution is -2.34. The van der Waals surface area contributed by atoms with Gasteiger partial charge in [-0.1, -0.05) is 13.8 Å². The molecule has 4 nitrogen and oxygen atoms in total. The van der Waals surface area contributed by atoms with Crippen LogP contribution in [0.3, 0.4) is 0 Å². The van der Waals surface area contributed by atoms with E-state index >= 15 is 0 Å². The Bertz CT molecular complexity index is 497. The molecule has 116 valence electrons. The first kappa shape index (κ1) is 17.6. The van der Waals surface area contributed by atoms with Crippen molar-refractivity contribution in [2.75, 3.05) is 20.1 Å². The van der Waals surface area contributed by atoms with Gasteiger partial charge < -0.3 is 5.32 Å². The molecular weight excluding hydrogens is 292 g/mol. The molecule has 6 heteroatoms. The van der Waals surface area contributed by atoms with Crippen molar-refractivity contribution in [1.82, 2.24) is 9.62 Å². The molecule has 0 aromatic carbocycles. The van der Waals surface area contributed by atoms with Crippen molar-refractivity contribution in [2.45, 2.75) is 50.3 Å². The first-order valence-electron chi connectivity index (χ1n) is 7.20. The number of sulfonamides is 1. The monoisotopic (exact) mass is 318 g/mol. The molecule has 1 aromatic rings. The number of hydrogen-bond acceptors (Lipinski definition) is 4. The van der Waals surface area contributed by atoms with Crippen LogP contribution in [0.5, 0.6) is 0 Å². The van der Waals surface area contributed by atoms with Crippen LogP contribution in [0.1, 0.15) is 38.5 Å². The molecule has 1 aromatic heterocycles. The van der Waals surface area contributed by atoms with Crippen LogP contribution in [-0.2, 0) is 16.4 Å². The summed E-state index contributed by atoms with van der Waals surface area (Å²) in [5, 5.41) is 3.33. The SMILES string of the molecule is CCCNCCc1ccc(S(=O)(=O)N(C)C(C)CC)s1. The van der Waals surface area contributed by atoms with Gasteiger partial charge in [0.2, 0.25) is 0 Å². The molecule has 20 heavy (non-hydrogen) atoms. The second kappa shape index (κ2) is 8.12. The Balaban J connectivity index is 2.70. The summed E-state index contributed by atoms with van der Waals surface area (Å²) in [4.78, 5) is 1.12. The maximum Gasteiger partial charge on any atom is 0.252 e. The lowest BCUT2D eigenvalue weighted by molar-refractivity contribution is 0.381. The van der Waals surface area contributed by atoms with Crippen molar-refractivity contribution in [3.63, 3.8) is 0 Å². The average molecular weight is 319 g/mol. The minimum Gasteiger partial charge on any atom is -0.316 e. The second-order valence-corrected chi connectivity index (χ2v) is 8.39. The summed E-state index contributed by atoms with van der Waals surface area (Å²) in [5.74, 6) is 0. The number of rotatable bonds is 9. The van der Waals surface area contributed by atoms with Gasteiger partial charge in [0, 0.05) is 18.0 Å². The maximum atomic E-state index is 12.4. The third-order valence-corrected chi connectivity index (χ3v) is 7.04. The van der Waals surface area contributed by atoms with Crippen LogP contribution in [0.15, 0.2) is 16.3 Å². The Kier molecular flexibility index (Phi) is 7.15. The average Bonchev–Trinajstić information content (AvgIpc) is 2.91. The zero-order valence-electron chi connectivity index (χ0n) is 12.8. The summed E-state index contributed by atoms with van der Waals surface area (Å²) >= 11 is 1.38. The zero-order chi connectivity index (χ0) is 15.2. The van der Waals surface area contributed by atoms with Crippen molar-refractivity contribution in [3.8, 4) is 0 Å². The summed E-state index contributed by atoms with van der Waals surface area (Å²) in [5.41, 5.74) is 0. The van der Waals surface area contributed by atoms with E-state index in [1.807, 2.05) is 19.9 Å². The highest BCUT2D eigenvalue weighted by atomic mass is 32.2. The highest BCUT2D eigenvalue weighted by molar-refractivity contribution is 7.91. The Hall–Kier alpha value is -0.430. The number of thiophene rings is 1. The highest BCUT2D eigenvalue weighted by Gasteiger charge is 2.25. The van der Waals surface area contributed by atoms with Gasteiger partial charge in [-0.2, -0.15) is 4.31 Å². The summed E-state index contributed by atoms with van der Waals surface area (Å²) < 4.78 is 26.8. The third-order valence-electron chi connectivity index (χ3n) is 3.46. The molecule has 0 aliphatic rings. The number of nitrogens with one attached hydrogen (secondary N) is 1. The molecule has 0 aliphatic carbocycles. The molecule has 0 saturated carbocycles. The van der Waals surface area contributed by atoms with Gasteiger partial charge in [0.1, 0.15) is 4.21 Å². The number of hydrogen-bond donors (Lipinski definition) is 1. The van der Waals surface area contributed by atoms with Crippen LogP contribution in [0.2, 0.25) is 0 Å². The van der Waals surface area contributed by atoms with Gasteiger partial charge in [0.25, 0.3) is 10.0 Å². The Morgan fingerprint density at radius 2 is 2.00 bits per heavy atom. The molecule has 0 bridgehead atoms. The topological polar surface area (TPSA) is 49.4 Å². The molecule has 1 atom stereocenters. The van der Waals surface area contributed by atoms with E-state index in [-0.39, 0.29) is 6.04 Å². The fourth-order valence-electron chi connectivity index (χ4n) is 1.78. The minimum atomic E-state index is -3.33. The predicted octanol–water partition coefficient (Wildman–Crippen LogP) is 2.71. The van der Waals surface area contributed by atoms with Crippen molar-refractivity contribution >= 4 is 21.4 Å². The van der Waals surface area contributed by atoms with Crippen molar-refractivity contribution in [3.05, 3.63) is 17.0 Å². The van der Waals surface area contributed by atoms with Gasteiger partial charge in [-0.3, -0.25) is 0 Å². The van der Waals surface area contributed by atoms with E-state index < -0.39 is 10.0 Å². The second-order valence-electron chi connectivity index (χ2n) is 5.00. The van der Waals surface area contributed by atoms with Gasteiger partial charge >= 0.3 is 0 Å². The molecule has 0 spiro atoms. The van der Waals surface area contributed by atoms with Crippen LogP contribution < -0.4 is 5.32 Å². The molecular formula is C14H26N2O2S2. The molecule has 0 fully saturated rings. The Labute approximate surface area is 127 Å². The van der Waals surface area contributed by atoms with Crippen LogP contribution in [0.25, 0.3) is 0 Å². The van der Waals surface area contributed by atoms with Gasteiger partial charge in [-0.05, 0) is 51.4 Å². The summed E-state index contributed by atoms with van der Waals surface area (Å²) in [6.45, 7) is 7.96. The summed E-state index contributed by atoms with van der Waals surface area (Å²) in [6.07, 6.45) is 2.81. The lowest BCUT2D eigenvalue weighted by Gasteiger charge is -2.22. The predicted molar refractivity (Wildman–Crippen MR) is 85.9 cm³/mol. The highest BCUT2D eigenvalue weighted by Crippen LogP contribution is 2.26. The van der Waals surface area contributed by atoms with Gasteiger partial charge in [0.15, 0.2) is 0 Å². The molecule has 1 N–H and O–H groups in total. The maximum absolute atomic E-state index is 12.4. The third kappa shape index (κ3) is 4.55. The van der Waals surface area contributed by atoms with E-state index in [1.165, 1.54) is 15.6 Å². The smallest absolute Gasteiger partial charge is 0.252 e. The Morgan fingerprint density at radius 1 is 1.30 bits per heavy atom. The molecule has 0 saturated heterocycles. The fourth-order valence-corrected chi connectivity index (χ4v) is 4.76. The molecule has 0 aliphatic heterocycles. The summed E-state index contributed by atoms with van der Waals surface area (Å²) in [7, 11) is -1.67. The van der Waals surface area contributed by atoms with E-state index in [4.69, 9.17) is 0 Å². The first-order valence-corrected chi connectivity index (χ1v) is 9.46. The first-order chi connectivity index (χ1) is 9.43. The van der Waals surface area contributed by atoms with Crippen molar-refractivity contribution in [1.29, 1.82) is 0 Å². The molecule has 0 amide bonds. The molecule has 1 unspecified atom stereocenters. The van der Waals surface area contributed by atoms with Gasteiger partial charge in [-0.25, -0.2) is 8.42 Å². The summed E-state index contributed by atoms with van der Waals surface area (Å²) in [6, 6.07) is 3.68. The van der Waals surface area contributed by atoms with E-state index in [0.717, 1.165) is 37.2 Å². The van der Waals surface area contributed by atoms with E-state index in [9.17, 15) is 8.42 Å².